The van der Waals surface area contributed by atoms with Crippen molar-refractivity contribution in [3.05, 3.63) is 40.4 Å². The Morgan fingerprint density at radius 3 is 2.88 bits per heavy atom. The maximum absolute atomic E-state index is 12.1. The number of esters is 1. The van der Waals surface area contributed by atoms with Crippen molar-refractivity contribution in [2.75, 3.05) is 5.32 Å². The zero-order valence-corrected chi connectivity index (χ0v) is 14.4. The van der Waals surface area contributed by atoms with E-state index in [2.05, 4.69) is 15.5 Å². The molecule has 0 aliphatic heterocycles. The van der Waals surface area contributed by atoms with Crippen LogP contribution in [0.15, 0.2) is 33.5 Å². The zero-order valence-electron chi connectivity index (χ0n) is 12.8. The van der Waals surface area contributed by atoms with E-state index in [1.807, 2.05) is 17.5 Å². The Kier molecular flexibility index (Phi) is 4.72. The molecule has 0 aliphatic carbocycles. The van der Waals surface area contributed by atoms with E-state index in [4.69, 9.17) is 9.26 Å². The van der Waals surface area contributed by atoms with Crippen molar-refractivity contribution in [2.24, 2.45) is 0 Å². The lowest BCUT2D eigenvalue weighted by Gasteiger charge is -2.11. The first-order chi connectivity index (χ1) is 11.5. The van der Waals surface area contributed by atoms with Gasteiger partial charge in [0, 0.05) is 11.4 Å². The molecule has 3 aromatic rings. The van der Waals surface area contributed by atoms with Crippen molar-refractivity contribution in [2.45, 2.75) is 20.0 Å². The van der Waals surface area contributed by atoms with Crippen LogP contribution >= 0.6 is 22.7 Å². The average molecular weight is 363 g/mol. The van der Waals surface area contributed by atoms with E-state index in [1.54, 1.807) is 18.4 Å². The number of nitrogens with zero attached hydrogens (tertiary/aromatic N) is 2. The van der Waals surface area contributed by atoms with Gasteiger partial charge in [-0.15, -0.1) is 22.7 Å². The second-order valence-corrected chi connectivity index (χ2v) is 6.68. The summed E-state index contributed by atoms with van der Waals surface area (Å²) in [6, 6.07) is 5.41. The summed E-state index contributed by atoms with van der Waals surface area (Å²) < 4.78 is 10.00. The quantitative estimate of drug-likeness (QED) is 0.699. The van der Waals surface area contributed by atoms with Crippen molar-refractivity contribution in [3.8, 4) is 9.88 Å². The molecule has 1 atom stereocenters. The van der Waals surface area contributed by atoms with E-state index in [1.165, 1.54) is 29.6 Å². The van der Waals surface area contributed by atoms with Crippen molar-refractivity contribution in [1.29, 1.82) is 0 Å². The fraction of sp³-hybridized carbons (Fsp3) is 0.200. The summed E-state index contributed by atoms with van der Waals surface area (Å²) >= 11 is 2.89. The maximum Gasteiger partial charge on any atom is 0.358 e. The molecular weight excluding hydrogens is 350 g/mol. The van der Waals surface area contributed by atoms with Gasteiger partial charge in [-0.1, -0.05) is 11.2 Å². The molecule has 0 saturated heterocycles. The first-order valence-corrected chi connectivity index (χ1v) is 8.73. The lowest BCUT2D eigenvalue weighted by atomic mass is 10.3. The Hall–Kier alpha value is -2.52. The van der Waals surface area contributed by atoms with Crippen LogP contribution in [-0.4, -0.2) is 28.1 Å². The van der Waals surface area contributed by atoms with Gasteiger partial charge in [-0.2, -0.15) is 0 Å². The van der Waals surface area contributed by atoms with E-state index in [9.17, 15) is 9.59 Å². The number of hydrogen-bond acceptors (Lipinski definition) is 8. The Morgan fingerprint density at radius 1 is 1.38 bits per heavy atom. The zero-order chi connectivity index (χ0) is 17.1. The van der Waals surface area contributed by atoms with Crippen LogP contribution in [0.25, 0.3) is 9.88 Å². The van der Waals surface area contributed by atoms with E-state index >= 15 is 0 Å². The number of carbonyl (C=O) groups is 2. The van der Waals surface area contributed by atoms with Crippen LogP contribution in [0.4, 0.5) is 5.82 Å². The van der Waals surface area contributed by atoms with Crippen LogP contribution in [0.1, 0.15) is 23.2 Å². The highest BCUT2D eigenvalue weighted by atomic mass is 32.1. The van der Waals surface area contributed by atoms with Gasteiger partial charge >= 0.3 is 5.97 Å². The third-order valence-corrected chi connectivity index (χ3v) is 4.86. The number of anilines is 1. The predicted octanol–water partition coefficient (Wildman–Crippen LogP) is 3.35. The van der Waals surface area contributed by atoms with Crippen LogP contribution in [0.2, 0.25) is 0 Å². The number of nitrogens with one attached hydrogen (secondary N) is 1. The molecule has 7 nitrogen and oxygen atoms in total. The molecule has 0 aromatic carbocycles. The summed E-state index contributed by atoms with van der Waals surface area (Å²) in [6.45, 7) is 3.19. The molecule has 0 unspecified atom stereocenters. The molecule has 1 N–H and O–H groups in total. The number of thiazole rings is 1. The Labute approximate surface area is 145 Å². The Balaban J connectivity index is 1.60. The summed E-state index contributed by atoms with van der Waals surface area (Å²) in [5, 5.41) is 10.5. The summed E-state index contributed by atoms with van der Waals surface area (Å²) in [7, 11) is 0. The van der Waals surface area contributed by atoms with Crippen LogP contribution in [-0.2, 0) is 9.53 Å². The fourth-order valence-electron chi connectivity index (χ4n) is 1.81. The van der Waals surface area contributed by atoms with Gasteiger partial charge in [0.15, 0.2) is 17.6 Å². The molecule has 3 rings (SSSR count). The monoisotopic (exact) mass is 363 g/mol. The van der Waals surface area contributed by atoms with Gasteiger partial charge in [-0.25, -0.2) is 9.78 Å². The van der Waals surface area contributed by atoms with Gasteiger partial charge < -0.3 is 14.6 Å². The molecular formula is C15H13N3O4S2. The summed E-state index contributed by atoms with van der Waals surface area (Å²) in [5.41, 5.74) is 0.181. The highest BCUT2D eigenvalue weighted by molar-refractivity contribution is 7.20. The van der Waals surface area contributed by atoms with Gasteiger partial charge in [-0.3, -0.25) is 4.79 Å². The molecule has 1 amide bonds. The highest BCUT2D eigenvalue weighted by Gasteiger charge is 2.22. The first kappa shape index (κ1) is 16.3. The van der Waals surface area contributed by atoms with Crippen molar-refractivity contribution >= 4 is 40.4 Å². The highest BCUT2D eigenvalue weighted by Crippen LogP contribution is 2.28. The molecule has 3 aromatic heterocycles. The van der Waals surface area contributed by atoms with Crippen LogP contribution in [0, 0.1) is 6.92 Å². The summed E-state index contributed by atoms with van der Waals surface area (Å²) in [5.74, 6) is -0.300. The molecule has 0 saturated carbocycles. The summed E-state index contributed by atoms with van der Waals surface area (Å²) in [4.78, 5) is 29.3. The predicted molar refractivity (Wildman–Crippen MR) is 90.2 cm³/mol. The van der Waals surface area contributed by atoms with Crippen LogP contribution in [0.5, 0.6) is 0 Å². The second-order valence-electron chi connectivity index (χ2n) is 4.87. The normalized spacial score (nSPS) is 11.9. The number of ether oxygens (including phenoxy) is 1. The van der Waals surface area contributed by atoms with E-state index in [-0.39, 0.29) is 11.5 Å². The number of hydrogen-bond donors (Lipinski definition) is 1. The first-order valence-electron chi connectivity index (χ1n) is 6.97. The van der Waals surface area contributed by atoms with E-state index in [0.29, 0.717) is 5.76 Å². The minimum Gasteiger partial charge on any atom is -0.448 e. The molecule has 0 bridgehead atoms. The minimum atomic E-state index is -0.985. The Morgan fingerprint density at radius 2 is 2.21 bits per heavy atom. The van der Waals surface area contributed by atoms with Gasteiger partial charge in [0.1, 0.15) is 10.8 Å². The van der Waals surface area contributed by atoms with Gasteiger partial charge in [0.25, 0.3) is 5.91 Å². The summed E-state index contributed by atoms with van der Waals surface area (Å²) in [6.07, 6.45) is -0.985. The van der Waals surface area contributed by atoms with E-state index in [0.717, 1.165) is 9.88 Å². The second kappa shape index (κ2) is 6.93. The van der Waals surface area contributed by atoms with E-state index < -0.39 is 18.0 Å². The molecule has 0 aliphatic rings. The molecule has 0 spiro atoms. The van der Waals surface area contributed by atoms with Crippen molar-refractivity contribution in [1.82, 2.24) is 10.1 Å². The third-order valence-electron chi connectivity index (χ3n) is 2.98. The molecule has 0 fully saturated rings. The number of aromatic nitrogens is 2. The van der Waals surface area contributed by atoms with Gasteiger partial charge in [0.05, 0.1) is 4.88 Å². The number of rotatable bonds is 5. The van der Waals surface area contributed by atoms with Gasteiger partial charge in [-0.05, 0) is 25.3 Å². The van der Waals surface area contributed by atoms with Crippen molar-refractivity contribution < 1.29 is 18.8 Å². The lowest BCUT2D eigenvalue weighted by Crippen LogP contribution is -2.30. The third kappa shape index (κ3) is 3.69. The topological polar surface area (TPSA) is 94.3 Å². The largest absolute Gasteiger partial charge is 0.448 e. The Bertz CT molecular complexity index is 854. The SMILES string of the molecule is Cc1cc(NC(=O)[C@H](C)OC(=O)c2csc(-c3cccs3)n2)no1. The fourth-order valence-corrected chi connectivity index (χ4v) is 3.41. The van der Waals surface area contributed by atoms with Crippen LogP contribution in [0.3, 0.4) is 0 Å². The molecule has 9 heteroatoms. The maximum atomic E-state index is 12.1. The molecule has 24 heavy (non-hydrogen) atoms. The minimum absolute atomic E-state index is 0.181. The average Bonchev–Trinajstić information content (AvgIpc) is 3.28. The van der Waals surface area contributed by atoms with Crippen LogP contribution < -0.4 is 5.32 Å². The van der Waals surface area contributed by atoms with Crippen molar-refractivity contribution in [3.63, 3.8) is 0 Å². The smallest absolute Gasteiger partial charge is 0.358 e. The standard InChI is InChI=1S/C15H13N3O4S2/c1-8-6-12(18-22-8)17-13(19)9(2)21-15(20)10-7-24-14(16-10)11-4-3-5-23-11/h3-7,9H,1-2H3,(H,17,18,19)/t9-/m0/s1. The molecule has 124 valence electrons. The number of thiophene rings is 1. The van der Waals surface area contributed by atoms with Gasteiger partial charge in [0.2, 0.25) is 0 Å². The number of carbonyl (C=O) groups excluding carboxylic acids is 2. The molecule has 0 radical (unpaired) electrons. The lowest BCUT2D eigenvalue weighted by molar-refractivity contribution is -0.123. The number of aryl methyl sites for hydroxylation is 1. The molecule has 3 heterocycles. The number of amides is 1.